The zero-order valence-corrected chi connectivity index (χ0v) is 9.47. The lowest BCUT2D eigenvalue weighted by molar-refractivity contribution is -0.126. The SMILES string of the molecule is Oc1ccc2c(c1)CCC2NCC(F)(F)C(F)F. The van der Waals surface area contributed by atoms with Gasteiger partial charge in [0.1, 0.15) is 5.75 Å². The summed E-state index contributed by atoms with van der Waals surface area (Å²) in [6.07, 6.45) is -2.45. The maximum atomic E-state index is 12.8. The van der Waals surface area contributed by atoms with Crippen LogP contribution in [0.2, 0.25) is 0 Å². The van der Waals surface area contributed by atoms with Crippen molar-refractivity contribution in [2.45, 2.75) is 31.2 Å². The largest absolute Gasteiger partial charge is 0.508 e. The number of rotatable bonds is 4. The van der Waals surface area contributed by atoms with Gasteiger partial charge in [-0.15, -0.1) is 0 Å². The summed E-state index contributed by atoms with van der Waals surface area (Å²) in [5, 5.41) is 11.7. The van der Waals surface area contributed by atoms with Crippen molar-refractivity contribution in [3.63, 3.8) is 0 Å². The fraction of sp³-hybridized carbons (Fsp3) is 0.500. The van der Waals surface area contributed by atoms with Crippen molar-refractivity contribution < 1.29 is 22.7 Å². The molecule has 0 saturated heterocycles. The minimum absolute atomic E-state index is 0.118. The van der Waals surface area contributed by atoms with E-state index in [9.17, 15) is 22.7 Å². The van der Waals surface area contributed by atoms with Gasteiger partial charge in [0.25, 0.3) is 0 Å². The first-order chi connectivity index (χ1) is 8.40. The van der Waals surface area contributed by atoms with Crippen LogP contribution in [0.4, 0.5) is 17.6 Å². The second-order valence-corrected chi connectivity index (χ2v) is 4.42. The normalized spacial score (nSPS) is 19.3. The van der Waals surface area contributed by atoms with Gasteiger partial charge in [0.15, 0.2) is 0 Å². The van der Waals surface area contributed by atoms with Crippen LogP contribution in [0.1, 0.15) is 23.6 Å². The number of nitrogens with one attached hydrogen (secondary N) is 1. The van der Waals surface area contributed by atoms with Crippen LogP contribution in [0.15, 0.2) is 18.2 Å². The number of aromatic hydroxyl groups is 1. The van der Waals surface area contributed by atoms with Gasteiger partial charge in [-0.25, -0.2) is 8.78 Å². The molecule has 0 saturated carbocycles. The number of hydrogen-bond acceptors (Lipinski definition) is 2. The highest BCUT2D eigenvalue weighted by Gasteiger charge is 2.41. The minimum Gasteiger partial charge on any atom is -0.508 e. The molecule has 1 aliphatic rings. The molecule has 2 N–H and O–H groups in total. The molecule has 0 aromatic heterocycles. The van der Waals surface area contributed by atoms with Crippen LogP contribution in [0.5, 0.6) is 5.75 Å². The molecular weight excluding hydrogens is 250 g/mol. The van der Waals surface area contributed by atoms with E-state index in [0.29, 0.717) is 12.8 Å². The zero-order chi connectivity index (χ0) is 13.3. The van der Waals surface area contributed by atoms with E-state index in [1.165, 1.54) is 6.07 Å². The van der Waals surface area contributed by atoms with Crippen molar-refractivity contribution in [1.82, 2.24) is 5.32 Å². The molecule has 1 aromatic rings. The molecule has 0 bridgehead atoms. The summed E-state index contributed by atoms with van der Waals surface area (Å²) in [5.41, 5.74) is 1.66. The van der Waals surface area contributed by atoms with E-state index in [1.807, 2.05) is 0 Å². The zero-order valence-electron chi connectivity index (χ0n) is 9.47. The third-order valence-corrected chi connectivity index (χ3v) is 3.11. The van der Waals surface area contributed by atoms with Crippen LogP contribution in [0.25, 0.3) is 0 Å². The highest BCUT2D eigenvalue weighted by Crippen LogP contribution is 2.34. The summed E-state index contributed by atoms with van der Waals surface area (Å²) in [7, 11) is 0. The summed E-state index contributed by atoms with van der Waals surface area (Å²) in [5.74, 6) is -3.90. The molecule has 0 spiro atoms. The Bertz CT molecular complexity index is 436. The Labute approximate surface area is 102 Å². The van der Waals surface area contributed by atoms with Crippen LogP contribution in [-0.2, 0) is 6.42 Å². The van der Waals surface area contributed by atoms with Crippen LogP contribution in [0, 0.1) is 0 Å². The number of fused-ring (bicyclic) bond motifs is 1. The molecule has 18 heavy (non-hydrogen) atoms. The molecule has 6 heteroatoms. The molecule has 2 rings (SSSR count). The summed E-state index contributed by atoms with van der Waals surface area (Å²) in [6.45, 7) is -1.05. The van der Waals surface area contributed by atoms with E-state index < -0.39 is 18.9 Å². The molecule has 2 nitrogen and oxygen atoms in total. The number of aryl methyl sites for hydroxylation is 1. The van der Waals surface area contributed by atoms with Gasteiger partial charge >= 0.3 is 12.3 Å². The quantitative estimate of drug-likeness (QED) is 0.819. The predicted octanol–water partition coefficient (Wildman–Crippen LogP) is 2.87. The molecule has 100 valence electrons. The standard InChI is InChI=1S/C12H13F4NO/c13-11(14)12(15,16)6-17-10-4-1-7-5-8(18)2-3-9(7)10/h2-3,5,10-11,17-18H,1,4,6H2. The first kappa shape index (κ1) is 13.1. The maximum Gasteiger partial charge on any atom is 0.319 e. The van der Waals surface area contributed by atoms with E-state index in [0.717, 1.165) is 11.1 Å². The van der Waals surface area contributed by atoms with E-state index in [1.54, 1.807) is 12.1 Å². The lowest BCUT2D eigenvalue weighted by Gasteiger charge is -2.20. The summed E-state index contributed by atoms with van der Waals surface area (Å²) >= 11 is 0. The molecule has 0 amide bonds. The maximum absolute atomic E-state index is 12.8. The van der Waals surface area contributed by atoms with Crippen LogP contribution in [0.3, 0.4) is 0 Å². The van der Waals surface area contributed by atoms with Gasteiger partial charge in [0, 0.05) is 6.04 Å². The van der Waals surface area contributed by atoms with Gasteiger partial charge in [-0.2, -0.15) is 8.78 Å². The predicted molar refractivity (Wildman–Crippen MR) is 58.1 cm³/mol. The molecule has 1 atom stereocenters. The fourth-order valence-corrected chi connectivity index (χ4v) is 2.15. The number of halogens is 4. The number of alkyl halides is 4. The monoisotopic (exact) mass is 263 g/mol. The summed E-state index contributed by atoms with van der Waals surface area (Å²) < 4.78 is 49.6. The Morgan fingerprint density at radius 1 is 1.39 bits per heavy atom. The molecule has 0 heterocycles. The first-order valence-corrected chi connectivity index (χ1v) is 5.61. The lowest BCUT2D eigenvalue weighted by atomic mass is 10.1. The number of hydrogen-bond donors (Lipinski definition) is 2. The Kier molecular flexibility index (Phi) is 3.47. The highest BCUT2D eigenvalue weighted by atomic mass is 19.3. The van der Waals surface area contributed by atoms with Gasteiger partial charge in [0.05, 0.1) is 6.54 Å². The van der Waals surface area contributed by atoms with Crippen LogP contribution < -0.4 is 5.32 Å². The second kappa shape index (κ2) is 4.76. The first-order valence-electron chi connectivity index (χ1n) is 5.61. The third-order valence-electron chi connectivity index (χ3n) is 3.11. The van der Waals surface area contributed by atoms with Gasteiger partial charge in [-0.1, -0.05) is 6.07 Å². The van der Waals surface area contributed by atoms with E-state index in [2.05, 4.69) is 5.32 Å². The smallest absolute Gasteiger partial charge is 0.319 e. The Balaban J connectivity index is 2.02. The fourth-order valence-electron chi connectivity index (χ4n) is 2.15. The highest BCUT2D eigenvalue weighted by molar-refractivity contribution is 5.40. The Hall–Kier alpha value is -1.30. The number of phenols is 1. The number of phenolic OH excluding ortho intramolecular Hbond substituents is 1. The molecule has 1 aliphatic carbocycles. The van der Waals surface area contributed by atoms with Gasteiger partial charge in [0.2, 0.25) is 0 Å². The van der Waals surface area contributed by atoms with Crippen molar-refractivity contribution in [3.05, 3.63) is 29.3 Å². The van der Waals surface area contributed by atoms with Crippen molar-refractivity contribution in [2.24, 2.45) is 0 Å². The molecule has 1 unspecified atom stereocenters. The third kappa shape index (κ3) is 2.58. The lowest BCUT2D eigenvalue weighted by Crippen LogP contribution is -2.39. The van der Waals surface area contributed by atoms with Crippen molar-refractivity contribution in [3.8, 4) is 5.75 Å². The molecule has 0 aliphatic heterocycles. The molecule has 0 fully saturated rings. The molecular formula is C12H13F4NO. The van der Waals surface area contributed by atoms with Gasteiger partial charge < -0.3 is 10.4 Å². The molecule has 1 aromatic carbocycles. The summed E-state index contributed by atoms with van der Waals surface area (Å²) in [4.78, 5) is 0. The van der Waals surface area contributed by atoms with Crippen molar-refractivity contribution in [2.75, 3.05) is 6.54 Å². The average molecular weight is 263 g/mol. The van der Waals surface area contributed by atoms with E-state index in [-0.39, 0.29) is 11.8 Å². The van der Waals surface area contributed by atoms with Gasteiger partial charge in [-0.3, -0.25) is 0 Å². The van der Waals surface area contributed by atoms with E-state index >= 15 is 0 Å². The Morgan fingerprint density at radius 2 is 2.11 bits per heavy atom. The summed E-state index contributed by atoms with van der Waals surface area (Å²) in [6, 6.07) is 4.31. The van der Waals surface area contributed by atoms with Crippen molar-refractivity contribution in [1.29, 1.82) is 0 Å². The topological polar surface area (TPSA) is 32.3 Å². The average Bonchev–Trinajstić information content (AvgIpc) is 2.68. The van der Waals surface area contributed by atoms with Crippen LogP contribution >= 0.6 is 0 Å². The van der Waals surface area contributed by atoms with Gasteiger partial charge in [-0.05, 0) is 36.1 Å². The number of benzene rings is 1. The second-order valence-electron chi connectivity index (χ2n) is 4.42. The Morgan fingerprint density at radius 3 is 2.78 bits per heavy atom. The molecule has 0 radical (unpaired) electrons. The van der Waals surface area contributed by atoms with E-state index in [4.69, 9.17) is 0 Å². The van der Waals surface area contributed by atoms with Crippen LogP contribution in [-0.4, -0.2) is 24.0 Å². The minimum atomic E-state index is -4.01. The van der Waals surface area contributed by atoms with Crippen molar-refractivity contribution >= 4 is 0 Å².